The van der Waals surface area contributed by atoms with Gasteiger partial charge in [-0.2, -0.15) is 0 Å². The molecule has 1 N–H and O–H groups in total. The number of nitrogens with one attached hydrogen (secondary N) is 1. The van der Waals surface area contributed by atoms with Crippen LogP contribution < -0.4 is 5.32 Å². The van der Waals surface area contributed by atoms with Crippen molar-refractivity contribution in [2.24, 2.45) is 0 Å². The number of aromatic nitrogens is 3. The van der Waals surface area contributed by atoms with Crippen molar-refractivity contribution in [2.75, 3.05) is 0 Å². The molecule has 0 aliphatic heterocycles. The van der Waals surface area contributed by atoms with Gasteiger partial charge in [0, 0.05) is 30.5 Å². The largest absolute Gasteiger partial charge is 0.334 e. The second kappa shape index (κ2) is 4.98. The van der Waals surface area contributed by atoms with Gasteiger partial charge in [0.05, 0.1) is 12.1 Å². The van der Waals surface area contributed by atoms with Crippen LogP contribution >= 0.6 is 11.3 Å². The molecule has 0 amide bonds. The first-order valence-electron chi connectivity index (χ1n) is 5.78. The Morgan fingerprint density at radius 2 is 2.18 bits per heavy atom. The molecule has 0 radical (unpaired) electrons. The van der Waals surface area contributed by atoms with E-state index in [1.165, 1.54) is 0 Å². The molecule has 0 aromatic carbocycles. The average molecular weight is 250 g/mol. The molecule has 92 valence electrons. The van der Waals surface area contributed by atoms with Crippen LogP contribution in [0.3, 0.4) is 0 Å². The van der Waals surface area contributed by atoms with Crippen LogP contribution in [0.15, 0.2) is 24.0 Å². The predicted octanol–water partition coefficient (Wildman–Crippen LogP) is 2.38. The van der Waals surface area contributed by atoms with Crippen LogP contribution in [0.2, 0.25) is 0 Å². The van der Waals surface area contributed by atoms with Gasteiger partial charge in [-0.05, 0) is 20.8 Å². The lowest BCUT2D eigenvalue weighted by Crippen LogP contribution is -2.36. The number of aryl methyl sites for hydroxylation is 1. The van der Waals surface area contributed by atoms with Gasteiger partial charge in [-0.3, -0.25) is 5.32 Å². The highest BCUT2D eigenvalue weighted by atomic mass is 32.1. The van der Waals surface area contributed by atoms with Crippen molar-refractivity contribution in [1.29, 1.82) is 0 Å². The van der Waals surface area contributed by atoms with Gasteiger partial charge in [0.15, 0.2) is 0 Å². The zero-order valence-corrected chi connectivity index (χ0v) is 11.3. The van der Waals surface area contributed by atoms with Crippen LogP contribution in [0.1, 0.15) is 31.6 Å². The second-order valence-corrected chi connectivity index (χ2v) is 5.34. The number of hydrogen-bond acceptors (Lipinski definition) is 4. The highest BCUT2D eigenvalue weighted by Gasteiger charge is 2.22. The Morgan fingerprint density at radius 1 is 1.35 bits per heavy atom. The van der Waals surface area contributed by atoms with Gasteiger partial charge >= 0.3 is 0 Å². The summed E-state index contributed by atoms with van der Waals surface area (Å²) < 4.78 is 2.14. The van der Waals surface area contributed by atoms with Gasteiger partial charge in [0.2, 0.25) is 0 Å². The minimum absolute atomic E-state index is 0.112. The molecule has 0 unspecified atom stereocenters. The van der Waals surface area contributed by atoms with Gasteiger partial charge in [-0.25, -0.2) is 9.97 Å². The fourth-order valence-electron chi connectivity index (χ4n) is 1.70. The van der Waals surface area contributed by atoms with Crippen molar-refractivity contribution in [3.8, 4) is 0 Å². The Kier molecular flexibility index (Phi) is 3.59. The number of imidazole rings is 1. The quantitative estimate of drug-likeness (QED) is 0.886. The summed E-state index contributed by atoms with van der Waals surface area (Å²) in [4.78, 5) is 8.71. The summed E-state index contributed by atoms with van der Waals surface area (Å²) in [5.74, 6) is 1.07. The molecular formula is C12H18N4S. The molecule has 5 heteroatoms. The topological polar surface area (TPSA) is 42.7 Å². The number of thiazole rings is 1. The summed E-state index contributed by atoms with van der Waals surface area (Å²) in [5.41, 5.74) is -0.112. The number of rotatable bonds is 5. The molecule has 0 atom stereocenters. The van der Waals surface area contributed by atoms with Gasteiger partial charge in [-0.1, -0.05) is 0 Å². The van der Waals surface area contributed by atoms with E-state index in [9.17, 15) is 0 Å². The minimum Gasteiger partial charge on any atom is -0.334 e. The molecule has 2 aromatic rings. The van der Waals surface area contributed by atoms with Gasteiger partial charge in [0.1, 0.15) is 10.8 Å². The summed E-state index contributed by atoms with van der Waals surface area (Å²) >= 11 is 1.68. The minimum atomic E-state index is -0.112. The van der Waals surface area contributed by atoms with Gasteiger partial charge in [-0.15, -0.1) is 11.3 Å². The predicted molar refractivity (Wildman–Crippen MR) is 69.9 cm³/mol. The molecule has 0 aliphatic carbocycles. The summed E-state index contributed by atoms with van der Waals surface area (Å²) in [6.45, 7) is 8.12. The van der Waals surface area contributed by atoms with Gasteiger partial charge < -0.3 is 4.57 Å². The molecule has 17 heavy (non-hydrogen) atoms. The molecule has 2 heterocycles. The maximum Gasteiger partial charge on any atom is 0.122 e. The summed E-state index contributed by atoms with van der Waals surface area (Å²) in [6, 6.07) is 0. The third-order valence-corrected chi connectivity index (χ3v) is 3.89. The molecule has 0 aliphatic rings. The Balaban J connectivity index is 2.03. The van der Waals surface area contributed by atoms with E-state index in [0.717, 1.165) is 23.9 Å². The molecular weight excluding hydrogens is 232 g/mol. The Morgan fingerprint density at radius 3 is 2.82 bits per heavy atom. The number of nitrogens with zero attached hydrogens (tertiary/aromatic N) is 3. The third-order valence-electron chi connectivity index (χ3n) is 2.80. The van der Waals surface area contributed by atoms with Crippen molar-refractivity contribution >= 4 is 11.3 Å². The normalized spacial score (nSPS) is 11.9. The fourth-order valence-corrected chi connectivity index (χ4v) is 2.44. The van der Waals surface area contributed by atoms with E-state index >= 15 is 0 Å². The highest BCUT2D eigenvalue weighted by Crippen LogP contribution is 2.22. The Bertz CT molecular complexity index is 459. The maximum absolute atomic E-state index is 4.36. The van der Waals surface area contributed by atoms with E-state index in [1.807, 2.05) is 24.0 Å². The second-order valence-electron chi connectivity index (χ2n) is 4.45. The van der Waals surface area contributed by atoms with Crippen molar-refractivity contribution in [2.45, 2.75) is 39.4 Å². The first-order valence-corrected chi connectivity index (χ1v) is 6.66. The van der Waals surface area contributed by atoms with Crippen LogP contribution in [-0.4, -0.2) is 14.5 Å². The van der Waals surface area contributed by atoms with Crippen LogP contribution in [0.5, 0.6) is 0 Å². The third kappa shape index (κ3) is 2.73. The molecule has 0 fully saturated rings. The highest BCUT2D eigenvalue weighted by molar-refractivity contribution is 7.09. The molecule has 0 saturated heterocycles. The lowest BCUT2D eigenvalue weighted by Gasteiger charge is -2.23. The van der Waals surface area contributed by atoms with Crippen molar-refractivity contribution in [1.82, 2.24) is 19.9 Å². The van der Waals surface area contributed by atoms with Crippen molar-refractivity contribution in [3.05, 3.63) is 34.8 Å². The van der Waals surface area contributed by atoms with Crippen LogP contribution in [0.4, 0.5) is 0 Å². The zero-order valence-electron chi connectivity index (χ0n) is 10.5. The monoisotopic (exact) mass is 250 g/mol. The smallest absolute Gasteiger partial charge is 0.122 e. The molecule has 0 spiro atoms. The Labute approximate surface area is 106 Å². The SMILES string of the molecule is CCn1ccnc1CNC(C)(C)c1nccs1. The van der Waals surface area contributed by atoms with E-state index in [-0.39, 0.29) is 5.54 Å². The van der Waals surface area contributed by atoms with E-state index in [2.05, 4.69) is 40.6 Å². The standard InChI is InChI=1S/C12H18N4S/c1-4-16-7-5-13-10(16)9-15-12(2,3)11-14-6-8-17-11/h5-8,15H,4,9H2,1-3H3. The number of hydrogen-bond donors (Lipinski definition) is 1. The summed E-state index contributed by atoms with van der Waals surface area (Å²) in [7, 11) is 0. The summed E-state index contributed by atoms with van der Waals surface area (Å²) in [5, 5.41) is 6.61. The van der Waals surface area contributed by atoms with Crippen LogP contribution in [0, 0.1) is 0 Å². The molecule has 2 aromatic heterocycles. The molecule has 0 bridgehead atoms. The van der Waals surface area contributed by atoms with Gasteiger partial charge in [0.25, 0.3) is 0 Å². The van der Waals surface area contributed by atoms with Crippen LogP contribution in [-0.2, 0) is 18.6 Å². The lowest BCUT2D eigenvalue weighted by atomic mass is 10.1. The first-order chi connectivity index (χ1) is 8.13. The molecule has 2 rings (SSSR count). The molecule has 4 nitrogen and oxygen atoms in total. The van der Waals surface area contributed by atoms with E-state index < -0.39 is 0 Å². The fraction of sp³-hybridized carbons (Fsp3) is 0.500. The maximum atomic E-state index is 4.36. The van der Waals surface area contributed by atoms with Crippen LogP contribution in [0.25, 0.3) is 0 Å². The average Bonchev–Trinajstić information content (AvgIpc) is 2.97. The lowest BCUT2D eigenvalue weighted by molar-refractivity contribution is 0.389. The first kappa shape index (κ1) is 12.3. The zero-order chi connectivity index (χ0) is 12.3. The van der Waals surface area contributed by atoms with E-state index in [0.29, 0.717) is 0 Å². The van der Waals surface area contributed by atoms with E-state index in [4.69, 9.17) is 0 Å². The van der Waals surface area contributed by atoms with Crippen molar-refractivity contribution < 1.29 is 0 Å². The molecule has 0 saturated carbocycles. The van der Waals surface area contributed by atoms with Crippen molar-refractivity contribution in [3.63, 3.8) is 0 Å². The van der Waals surface area contributed by atoms with E-state index in [1.54, 1.807) is 11.3 Å². The summed E-state index contributed by atoms with van der Waals surface area (Å²) in [6.07, 6.45) is 5.70. The Hall–Kier alpha value is -1.20.